The van der Waals surface area contributed by atoms with Crippen LogP contribution in [0.15, 0.2) is 74.8 Å². The molecule has 0 aliphatic heterocycles. The molecule has 136 valence electrons. The van der Waals surface area contributed by atoms with Crippen molar-refractivity contribution >= 4 is 45.4 Å². The van der Waals surface area contributed by atoms with Gasteiger partial charge in [0.15, 0.2) is 0 Å². The zero-order valence-electron chi connectivity index (χ0n) is 14.8. The number of rotatable bonds is 5. The van der Waals surface area contributed by atoms with Crippen molar-refractivity contribution in [1.82, 2.24) is 4.68 Å². The van der Waals surface area contributed by atoms with Crippen molar-refractivity contribution in [1.29, 1.82) is 0 Å². The number of methoxy groups -OCH3 is 1. The van der Waals surface area contributed by atoms with Crippen LogP contribution in [0.5, 0.6) is 5.75 Å². The Labute approximate surface area is 169 Å². The summed E-state index contributed by atoms with van der Waals surface area (Å²) in [5, 5.41) is 11.1. The lowest BCUT2D eigenvalue weighted by Crippen LogP contribution is -2.13. The highest BCUT2D eigenvalue weighted by Crippen LogP contribution is 2.28. The van der Waals surface area contributed by atoms with Gasteiger partial charge in [-0.15, -0.1) is 34.0 Å². The lowest BCUT2D eigenvalue weighted by molar-refractivity contribution is 0.416. The predicted molar refractivity (Wildman–Crippen MR) is 116 cm³/mol. The van der Waals surface area contributed by atoms with Gasteiger partial charge in [0.05, 0.1) is 28.3 Å². The SMILES string of the molecule is COc1ccccc1N=c1scc(-c2cccs2)n1N=C(C)c1cccs1. The van der Waals surface area contributed by atoms with Crippen LogP contribution >= 0.6 is 34.0 Å². The molecule has 0 aliphatic carbocycles. The number of thiophene rings is 2. The zero-order valence-corrected chi connectivity index (χ0v) is 17.3. The van der Waals surface area contributed by atoms with Crippen molar-refractivity contribution < 1.29 is 4.74 Å². The summed E-state index contributed by atoms with van der Waals surface area (Å²) in [6.45, 7) is 2.03. The summed E-state index contributed by atoms with van der Waals surface area (Å²) in [7, 11) is 1.66. The Bertz CT molecular complexity index is 1120. The van der Waals surface area contributed by atoms with E-state index in [9.17, 15) is 0 Å². The van der Waals surface area contributed by atoms with Gasteiger partial charge in [0.1, 0.15) is 11.4 Å². The minimum Gasteiger partial charge on any atom is -0.494 e. The first-order valence-electron chi connectivity index (χ1n) is 8.28. The molecule has 27 heavy (non-hydrogen) atoms. The molecule has 0 saturated carbocycles. The Hall–Kier alpha value is -2.48. The highest BCUT2D eigenvalue weighted by molar-refractivity contribution is 7.14. The molecule has 0 fully saturated rings. The first kappa shape index (κ1) is 17.9. The van der Waals surface area contributed by atoms with E-state index in [1.807, 2.05) is 41.9 Å². The second kappa shape index (κ2) is 8.04. The molecule has 4 rings (SSSR count). The van der Waals surface area contributed by atoms with Gasteiger partial charge in [0, 0.05) is 5.38 Å². The van der Waals surface area contributed by atoms with Crippen LogP contribution in [-0.2, 0) is 0 Å². The number of hydrogen-bond acceptors (Lipinski definition) is 6. The molecule has 0 saturated heterocycles. The van der Waals surface area contributed by atoms with Gasteiger partial charge in [-0.25, -0.2) is 9.67 Å². The van der Waals surface area contributed by atoms with E-state index in [1.165, 1.54) is 0 Å². The van der Waals surface area contributed by atoms with E-state index >= 15 is 0 Å². The first-order valence-corrected chi connectivity index (χ1v) is 10.9. The second-order valence-corrected chi connectivity index (χ2v) is 8.37. The standard InChI is InChI=1S/C20H17N3OS3/c1-14(18-9-5-11-25-18)22-23-16(19-10-6-12-26-19)13-27-20(23)21-15-7-3-4-8-17(15)24-2/h3-13H,1-2H3. The maximum atomic E-state index is 5.45. The quantitative estimate of drug-likeness (QED) is 0.380. The summed E-state index contributed by atoms with van der Waals surface area (Å²) < 4.78 is 7.37. The molecule has 4 nitrogen and oxygen atoms in total. The molecule has 0 atom stereocenters. The third kappa shape index (κ3) is 3.80. The van der Waals surface area contributed by atoms with Gasteiger partial charge in [0.25, 0.3) is 0 Å². The smallest absolute Gasteiger partial charge is 0.211 e. The van der Waals surface area contributed by atoms with Crippen molar-refractivity contribution in [2.24, 2.45) is 10.1 Å². The lowest BCUT2D eigenvalue weighted by atomic mass is 10.3. The largest absolute Gasteiger partial charge is 0.494 e. The summed E-state index contributed by atoms with van der Waals surface area (Å²) >= 11 is 4.95. The third-order valence-electron chi connectivity index (χ3n) is 3.89. The number of para-hydroxylation sites is 2. The summed E-state index contributed by atoms with van der Waals surface area (Å²) in [5.41, 5.74) is 2.79. The van der Waals surface area contributed by atoms with Crippen LogP contribution in [0.1, 0.15) is 11.8 Å². The highest BCUT2D eigenvalue weighted by atomic mass is 32.1. The molecule has 7 heteroatoms. The Kier molecular flexibility index (Phi) is 5.33. The van der Waals surface area contributed by atoms with E-state index in [-0.39, 0.29) is 0 Å². The van der Waals surface area contributed by atoms with Crippen LogP contribution < -0.4 is 9.54 Å². The first-order chi connectivity index (χ1) is 13.3. The molecule has 0 unspecified atom stereocenters. The number of ether oxygens (including phenoxy) is 1. The van der Waals surface area contributed by atoms with E-state index in [4.69, 9.17) is 14.8 Å². The van der Waals surface area contributed by atoms with Gasteiger partial charge in [-0.2, -0.15) is 5.10 Å². The normalized spacial score (nSPS) is 12.5. The second-order valence-electron chi connectivity index (χ2n) is 5.64. The van der Waals surface area contributed by atoms with Gasteiger partial charge in [-0.05, 0) is 41.9 Å². The van der Waals surface area contributed by atoms with Crippen molar-refractivity contribution in [3.63, 3.8) is 0 Å². The Morgan fingerprint density at radius 3 is 2.52 bits per heavy atom. The maximum Gasteiger partial charge on any atom is 0.211 e. The summed E-state index contributed by atoms with van der Waals surface area (Å²) in [6, 6.07) is 16.0. The number of benzene rings is 1. The third-order valence-corrected chi connectivity index (χ3v) is 6.58. The molecule has 0 N–H and O–H groups in total. The monoisotopic (exact) mass is 411 g/mol. The molecular weight excluding hydrogens is 394 g/mol. The van der Waals surface area contributed by atoms with E-state index in [1.54, 1.807) is 41.1 Å². The fourth-order valence-electron chi connectivity index (χ4n) is 2.58. The van der Waals surface area contributed by atoms with Crippen LogP contribution in [0.2, 0.25) is 0 Å². The van der Waals surface area contributed by atoms with Crippen LogP contribution in [0.4, 0.5) is 5.69 Å². The van der Waals surface area contributed by atoms with Crippen LogP contribution in [0.25, 0.3) is 10.6 Å². The predicted octanol–water partition coefficient (Wildman–Crippen LogP) is 5.85. The van der Waals surface area contributed by atoms with Crippen LogP contribution in [-0.4, -0.2) is 17.5 Å². The van der Waals surface area contributed by atoms with Gasteiger partial charge in [-0.3, -0.25) is 0 Å². The molecule has 3 aromatic heterocycles. The molecule has 0 spiro atoms. The maximum absolute atomic E-state index is 5.45. The van der Waals surface area contributed by atoms with Gasteiger partial charge in [0.2, 0.25) is 4.80 Å². The van der Waals surface area contributed by atoms with Crippen molar-refractivity contribution in [3.05, 3.63) is 74.3 Å². The van der Waals surface area contributed by atoms with E-state index in [0.29, 0.717) is 0 Å². The topological polar surface area (TPSA) is 38.9 Å². The lowest BCUT2D eigenvalue weighted by Gasteiger charge is -2.05. The Morgan fingerprint density at radius 1 is 0.963 bits per heavy atom. The van der Waals surface area contributed by atoms with Crippen molar-refractivity contribution in [2.75, 3.05) is 7.11 Å². The summed E-state index contributed by atoms with van der Waals surface area (Å²) in [5.74, 6) is 0.745. The van der Waals surface area contributed by atoms with Gasteiger partial charge >= 0.3 is 0 Å². The molecule has 1 aromatic carbocycles. The van der Waals surface area contributed by atoms with Gasteiger partial charge < -0.3 is 4.74 Å². The molecule has 0 bridgehead atoms. The van der Waals surface area contributed by atoms with Crippen molar-refractivity contribution in [2.45, 2.75) is 6.92 Å². The van der Waals surface area contributed by atoms with Gasteiger partial charge in [-0.1, -0.05) is 24.3 Å². The molecule has 4 aromatic rings. The number of nitrogens with zero attached hydrogens (tertiary/aromatic N) is 3. The molecule has 0 radical (unpaired) electrons. The summed E-state index contributed by atoms with van der Waals surface area (Å²) in [4.78, 5) is 7.95. The fraction of sp³-hybridized carbons (Fsp3) is 0.100. The zero-order chi connectivity index (χ0) is 18.6. The van der Waals surface area contributed by atoms with E-state index in [0.717, 1.165) is 37.4 Å². The highest BCUT2D eigenvalue weighted by Gasteiger charge is 2.11. The Balaban J connectivity index is 1.90. The number of hydrogen-bond donors (Lipinski definition) is 0. The number of aromatic nitrogens is 1. The number of thiazole rings is 1. The van der Waals surface area contributed by atoms with Crippen LogP contribution in [0.3, 0.4) is 0 Å². The minimum atomic E-state index is 0.745. The van der Waals surface area contributed by atoms with Crippen LogP contribution in [0, 0.1) is 0 Å². The fourth-order valence-corrected chi connectivity index (χ4v) is 4.89. The molecule has 0 aliphatic rings. The molecule has 3 heterocycles. The average Bonchev–Trinajstić information content (AvgIpc) is 3.44. The average molecular weight is 412 g/mol. The van der Waals surface area contributed by atoms with Crippen molar-refractivity contribution in [3.8, 4) is 16.3 Å². The molecular formula is C20H17N3OS3. The van der Waals surface area contributed by atoms with E-state index < -0.39 is 0 Å². The van der Waals surface area contributed by atoms with E-state index in [2.05, 4.69) is 34.3 Å². The molecule has 0 amide bonds. The summed E-state index contributed by atoms with van der Waals surface area (Å²) in [6.07, 6.45) is 0. The minimum absolute atomic E-state index is 0.745. The Morgan fingerprint density at radius 2 is 1.78 bits per heavy atom.